The van der Waals surface area contributed by atoms with Crippen molar-refractivity contribution in [3.63, 3.8) is 0 Å². The second-order valence-electron chi connectivity index (χ2n) is 5.17. The van der Waals surface area contributed by atoms with Crippen LogP contribution in [0.3, 0.4) is 0 Å². The lowest BCUT2D eigenvalue weighted by atomic mass is 10.1. The van der Waals surface area contributed by atoms with Crippen molar-refractivity contribution in [1.82, 2.24) is 0 Å². The zero-order valence-electron chi connectivity index (χ0n) is 13.7. The normalized spacial score (nSPS) is 12.7. The molecule has 0 unspecified atom stereocenters. The fourth-order valence-electron chi connectivity index (χ4n) is 1.99. The summed E-state index contributed by atoms with van der Waals surface area (Å²) in [7, 11) is 0. The number of allylic oxidation sites excluding steroid dienone is 8. The van der Waals surface area contributed by atoms with E-state index >= 15 is 0 Å². The van der Waals surface area contributed by atoms with Crippen LogP contribution in [-0.2, 0) is 0 Å². The monoisotopic (exact) mass is 274 g/mol. The smallest absolute Gasteiger partial charge is 0.0169 e. The van der Waals surface area contributed by atoms with Gasteiger partial charge in [-0.1, -0.05) is 75.3 Å². The van der Waals surface area contributed by atoms with Gasteiger partial charge < -0.3 is 0 Å². The molecular weight excluding hydrogens is 240 g/mol. The van der Waals surface area contributed by atoms with Gasteiger partial charge in [0.2, 0.25) is 0 Å². The second-order valence-corrected chi connectivity index (χ2v) is 5.17. The van der Waals surface area contributed by atoms with E-state index in [-0.39, 0.29) is 0 Å². The molecule has 0 saturated carbocycles. The van der Waals surface area contributed by atoms with Crippen molar-refractivity contribution >= 4 is 0 Å². The first-order valence-corrected chi connectivity index (χ1v) is 8.51. The maximum atomic E-state index is 2.33. The summed E-state index contributed by atoms with van der Waals surface area (Å²) in [6.45, 7) is 4.36. The summed E-state index contributed by atoms with van der Waals surface area (Å²) in [6, 6.07) is 0. The number of hydrogen-bond acceptors (Lipinski definition) is 0. The van der Waals surface area contributed by atoms with Crippen LogP contribution < -0.4 is 0 Å². The van der Waals surface area contributed by atoms with E-state index in [2.05, 4.69) is 62.5 Å². The molecule has 0 N–H and O–H groups in total. The molecule has 0 bridgehead atoms. The first-order chi connectivity index (χ1) is 9.91. The van der Waals surface area contributed by atoms with Crippen molar-refractivity contribution in [2.45, 2.75) is 78.1 Å². The Hall–Kier alpha value is -1.04. The summed E-state index contributed by atoms with van der Waals surface area (Å²) < 4.78 is 0. The summed E-state index contributed by atoms with van der Waals surface area (Å²) in [5.41, 5.74) is 0. The molecule has 0 fully saturated rings. The summed E-state index contributed by atoms with van der Waals surface area (Å²) in [5, 5.41) is 0. The van der Waals surface area contributed by atoms with E-state index in [9.17, 15) is 0 Å². The van der Waals surface area contributed by atoms with E-state index in [1.807, 2.05) is 0 Å². The summed E-state index contributed by atoms with van der Waals surface area (Å²) in [4.78, 5) is 0. The van der Waals surface area contributed by atoms with Gasteiger partial charge in [-0.15, -0.1) is 0 Å². The van der Waals surface area contributed by atoms with Gasteiger partial charge in [-0.2, -0.15) is 0 Å². The molecule has 0 aromatic heterocycles. The Balaban J connectivity index is 3.20. The topological polar surface area (TPSA) is 0 Å². The summed E-state index contributed by atoms with van der Waals surface area (Å²) in [6.07, 6.45) is 30.6. The molecule has 0 aliphatic rings. The largest absolute Gasteiger partial charge is 0.0885 e. The molecule has 0 heterocycles. The van der Waals surface area contributed by atoms with Crippen LogP contribution in [0.2, 0.25) is 0 Å². The molecule has 0 amide bonds. The Morgan fingerprint density at radius 2 is 0.850 bits per heavy atom. The quantitative estimate of drug-likeness (QED) is 0.247. The number of unbranched alkanes of at least 4 members (excludes halogenated alkanes) is 5. The SMILES string of the molecule is CC/C=C/C/C=C/CCCCCC/C=C/C/C=C/CC. The molecule has 0 nitrogen and oxygen atoms in total. The Morgan fingerprint density at radius 3 is 1.25 bits per heavy atom. The molecule has 0 radical (unpaired) electrons. The van der Waals surface area contributed by atoms with Gasteiger partial charge in [0.25, 0.3) is 0 Å². The number of rotatable bonds is 13. The van der Waals surface area contributed by atoms with Crippen LogP contribution in [0.25, 0.3) is 0 Å². The molecule has 0 spiro atoms. The van der Waals surface area contributed by atoms with Crippen LogP contribution in [0.15, 0.2) is 48.6 Å². The fraction of sp³-hybridized carbons (Fsp3) is 0.600. The van der Waals surface area contributed by atoms with E-state index in [1.165, 1.54) is 38.5 Å². The lowest BCUT2D eigenvalue weighted by molar-refractivity contribution is 0.652. The molecule has 0 saturated heterocycles. The van der Waals surface area contributed by atoms with Crippen LogP contribution in [0.1, 0.15) is 78.1 Å². The Kier molecular flexibility index (Phi) is 17.0. The molecule has 0 aromatic rings. The molecule has 0 rings (SSSR count). The van der Waals surface area contributed by atoms with Gasteiger partial charge in [-0.05, 0) is 51.4 Å². The predicted octanol–water partition coefficient (Wildman–Crippen LogP) is 7.15. The van der Waals surface area contributed by atoms with Gasteiger partial charge in [-0.3, -0.25) is 0 Å². The number of hydrogen-bond donors (Lipinski definition) is 0. The van der Waals surface area contributed by atoms with Crippen LogP contribution in [-0.4, -0.2) is 0 Å². The van der Waals surface area contributed by atoms with Crippen LogP contribution in [0, 0.1) is 0 Å². The van der Waals surface area contributed by atoms with Gasteiger partial charge >= 0.3 is 0 Å². The molecule has 0 aliphatic carbocycles. The molecule has 0 heteroatoms. The maximum absolute atomic E-state index is 2.33. The van der Waals surface area contributed by atoms with E-state index in [1.54, 1.807) is 0 Å². The third kappa shape index (κ3) is 17.0. The maximum Gasteiger partial charge on any atom is -0.0169 e. The average Bonchev–Trinajstić information content (AvgIpc) is 2.47. The first-order valence-electron chi connectivity index (χ1n) is 8.51. The van der Waals surface area contributed by atoms with Gasteiger partial charge in [0, 0.05) is 0 Å². The summed E-state index contributed by atoms with van der Waals surface area (Å²) >= 11 is 0. The highest BCUT2D eigenvalue weighted by Crippen LogP contribution is 2.07. The second kappa shape index (κ2) is 18.0. The zero-order chi connectivity index (χ0) is 14.7. The third-order valence-corrected chi connectivity index (χ3v) is 3.17. The van der Waals surface area contributed by atoms with Crippen molar-refractivity contribution in [2.75, 3.05) is 0 Å². The highest BCUT2D eigenvalue weighted by Gasteiger charge is 1.87. The van der Waals surface area contributed by atoms with Crippen molar-refractivity contribution in [3.8, 4) is 0 Å². The van der Waals surface area contributed by atoms with Gasteiger partial charge in [0.1, 0.15) is 0 Å². The third-order valence-electron chi connectivity index (χ3n) is 3.17. The Morgan fingerprint density at radius 1 is 0.450 bits per heavy atom. The molecule has 20 heavy (non-hydrogen) atoms. The minimum Gasteiger partial charge on any atom is -0.0885 e. The minimum atomic E-state index is 1.10. The fourth-order valence-corrected chi connectivity index (χ4v) is 1.99. The standard InChI is InChI=1S/C20H34/c1-3-5-7-9-11-13-15-17-19-20-18-16-14-12-10-8-6-4-2/h5-8,11-14H,3-4,9-10,15-20H2,1-2H3/b7-5+,8-6+,13-11+,14-12+. The van der Waals surface area contributed by atoms with Crippen molar-refractivity contribution in [2.24, 2.45) is 0 Å². The molecule has 0 aromatic carbocycles. The van der Waals surface area contributed by atoms with E-state index in [0.717, 1.165) is 25.7 Å². The van der Waals surface area contributed by atoms with Crippen molar-refractivity contribution in [3.05, 3.63) is 48.6 Å². The zero-order valence-corrected chi connectivity index (χ0v) is 13.7. The van der Waals surface area contributed by atoms with Crippen molar-refractivity contribution < 1.29 is 0 Å². The molecule has 0 atom stereocenters. The highest BCUT2D eigenvalue weighted by atomic mass is 13.9. The lowest BCUT2D eigenvalue weighted by Gasteiger charge is -1.96. The molecule has 0 aliphatic heterocycles. The van der Waals surface area contributed by atoms with E-state index in [0.29, 0.717) is 0 Å². The van der Waals surface area contributed by atoms with Gasteiger partial charge in [-0.25, -0.2) is 0 Å². The average molecular weight is 274 g/mol. The van der Waals surface area contributed by atoms with Crippen LogP contribution in [0.4, 0.5) is 0 Å². The highest BCUT2D eigenvalue weighted by molar-refractivity contribution is 4.93. The molecular formula is C20H34. The Bertz CT molecular complexity index is 248. The van der Waals surface area contributed by atoms with E-state index < -0.39 is 0 Å². The predicted molar refractivity (Wildman–Crippen MR) is 94.1 cm³/mol. The Labute approximate surface area is 127 Å². The van der Waals surface area contributed by atoms with Crippen molar-refractivity contribution in [1.29, 1.82) is 0 Å². The lowest BCUT2D eigenvalue weighted by Crippen LogP contribution is -1.77. The molecule has 114 valence electrons. The van der Waals surface area contributed by atoms with Crippen LogP contribution in [0.5, 0.6) is 0 Å². The summed E-state index contributed by atoms with van der Waals surface area (Å²) in [5.74, 6) is 0. The van der Waals surface area contributed by atoms with E-state index in [4.69, 9.17) is 0 Å². The minimum absolute atomic E-state index is 1.10. The van der Waals surface area contributed by atoms with Crippen LogP contribution >= 0.6 is 0 Å². The first kappa shape index (κ1) is 19.0. The van der Waals surface area contributed by atoms with Gasteiger partial charge in [0.05, 0.1) is 0 Å². The van der Waals surface area contributed by atoms with Gasteiger partial charge in [0.15, 0.2) is 0 Å².